The average Bonchev–Trinajstić information content (AvgIpc) is 3.27. The van der Waals surface area contributed by atoms with Gasteiger partial charge in [0.15, 0.2) is 0 Å². The zero-order chi connectivity index (χ0) is 16.6. The summed E-state index contributed by atoms with van der Waals surface area (Å²) in [5.74, 6) is 0. The topological polar surface area (TPSA) is 0 Å². The van der Waals surface area contributed by atoms with Crippen LogP contribution in [-0.2, 0) is 22.9 Å². The smallest absolute Gasteiger partial charge is 1.00 e. The third-order valence-electron chi connectivity index (χ3n) is 5.17. The molecule has 2 aliphatic carbocycles. The third kappa shape index (κ3) is 3.66. The first-order valence-corrected chi connectivity index (χ1v) is 12.7. The van der Waals surface area contributed by atoms with Crippen molar-refractivity contribution < 1.29 is 47.7 Å². The molecule has 0 saturated heterocycles. The predicted molar refractivity (Wildman–Crippen MR) is 101 cm³/mol. The number of hydrogen-bond donors (Lipinski definition) is 0. The second kappa shape index (κ2) is 8.73. The Morgan fingerprint density at radius 1 is 0.667 bits per heavy atom. The van der Waals surface area contributed by atoms with Crippen LogP contribution in [0.3, 0.4) is 0 Å². The molecule has 0 heterocycles. The van der Waals surface area contributed by atoms with Gasteiger partial charge in [-0.2, -0.15) is 0 Å². The first-order chi connectivity index (χ1) is 12.4. The van der Waals surface area contributed by atoms with Gasteiger partial charge in [-0.1, -0.05) is 0 Å². The zero-order valence-corrected chi connectivity index (χ0v) is 19.8. The molecule has 5 rings (SSSR count). The van der Waals surface area contributed by atoms with Crippen LogP contribution in [0.4, 0.5) is 0 Å². The Hall–Kier alpha value is -1.41. The molecule has 0 aliphatic heterocycles. The van der Waals surface area contributed by atoms with E-state index in [9.17, 15) is 0 Å². The largest absolute Gasteiger partial charge is 1.00 e. The second-order valence-corrected chi connectivity index (χ2v) is 11.9. The Kier molecular flexibility index (Phi) is 6.57. The van der Waals surface area contributed by atoms with Crippen LogP contribution in [0.2, 0.25) is 0 Å². The van der Waals surface area contributed by atoms with Gasteiger partial charge in [0.25, 0.3) is 0 Å². The Bertz CT molecular complexity index is 960. The molecule has 3 heteroatoms. The molecule has 0 spiro atoms. The van der Waals surface area contributed by atoms with Crippen molar-refractivity contribution in [1.82, 2.24) is 0 Å². The molecule has 0 aromatic heterocycles. The molecule has 2 aliphatic rings. The molecular formula is C24H18Cl2Hf. The normalized spacial score (nSPS) is 14.1. The van der Waals surface area contributed by atoms with E-state index < -0.39 is 22.9 Å². The van der Waals surface area contributed by atoms with Crippen LogP contribution in [-0.4, -0.2) is 0 Å². The minimum Gasteiger partial charge on any atom is -1.00 e. The molecule has 0 atom stereocenters. The first-order valence-electron chi connectivity index (χ1n) is 8.82. The van der Waals surface area contributed by atoms with Crippen LogP contribution in [0.25, 0.3) is 16.7 Å². The molecule has 0 unspecified atom stereocenters. The maximum Gasteiger partial charge on any atom is -1.00 e. The summed E-state index contributed by atoms with van der Waals surface area (Å²) < 4.78 is 2.42. The van der Waals surface area contributed by atoms with Gasteiger partial charge in [0.1, 0.15) is 0 Å². The van der Waals surface area contributed by atoms with E-state index in [2.05, 4.69) is 91.0 Å². The fourth-order valence-electron chi connectivity index (χ4n) is 4.02. The van der Waals surface area contributed by atoms with Crippen molar-refractivity contribution in [1.29, 1.82) is 0 Å². The molecular weight excluding hydrogens is 538 g/mol. The van der Waals surface area contributed by atoms with E-state index in [1.165, 1.54) is 22.3 Å². The van der Waals surface area contributed by atoms with Crippen LogP contribution in [0.15, 0.2) is 94.3 Å². The Balaban J connectivity index is 0.00000105. The van der Waals surface area contributed by atoms with Crippen molar-refractivity contribution in [3.8, 4) is 11.1 Å². The molecule has 0 radical (unpaired) electrons. The number of fused-ring (bicyclic) bond motifs is 3. The molecule has 3 aromatic carbocycles. The third-order valence-corrected chi connectivity index (χ3v) is 11.4. The number of rotatable bonds is 3. The molecule has 3 aromatic rings. The Morgan fingerprint density at radius 3 is 1.85 bits per heavy atom. The van der Waals surface area contributed by atoms with Gasteiger partial charge in [0.2, 0.25) is 0 Å². The van der Waals surface area contributed by atoms with Gasteiger partial charge >= 0.3 is 161 Å². The van der Waals surface area contributed by atoms with Gasteiger partial charge in [-0.05, 0) is 0 Å². The van der Waals surface area contributed by atoms with E-state index in [4.69, 9.17) is 0 Å². The van der Waals surface area contributed by atoms with Gasteiger partial charge in [-0.25, -0.2) is 0 Å². The number of hydrogen-bond acceptors (Lipinski definition) is 0. The van der Waals surface area contributed by atoms with Crippen LogP contribution in [0.1, 0.15) is 26.8 Å². The molecule has 0 saturated carbocycles. The van der Waals surface area contributed by atoms with E-state index in [-0.39, 0.29) is 24.8 Å². The average molecular weight is 556 g/mol. The summed E-state index contributed by atoms with van der Waals surface area (Å²) in [5, 5.41) is 0. The van der Waals surface area contributed by atoms with E-state index in [0.717, 1.165) is 6.42 Å². The summed E-state index contributed by atoms with van der Waals surface area (Å²) in [6, 6.07) is 29.0. The number of benzene rings is 3. The molecule has 132 valence electrons. The molecule has 0 bridgehead atoms. The monoisotopic (exact) mass is 556 g/mol. The van der Waals surface area contributed by atoms with Crippen molar-refractivity contribution in [2.45, 2.75) is 10.1 Å². The summed E-state index contributed by atoms with van der Waals surface area (Å²) in [5.41, 5.74) is 8.95. The van der Waals surface area contributed by atoms with Crippen molar-refractivity contribution >= 4 is 5.57 Å². The summed E-state index contributed by atoms with van der Waals surface area (Å²) >= 11 is -1.04. The molecule has 0 N–H and O–H groups in total. The van der Waals surface area contributed by atoms with Crippen molar-refractivity contribution in [3.05, 3.63) is 111 Å². The van der Waals surface area contributed by atoms with Gasteiger partial charge < -0.3 is 24.8 Å². The van der Waals surface area contributed by atoms with Gasteiger partial charge in [0, 0.05) is 0 Å². The Labute approximate surface area is 184 Å². The second-order valence-electron chi connectivity index (χ2n) is 6.62. The Morgan fingerprint density at radius 2 is 1.22 bits per heavy atom. The molecule has 0 amide bonds. The van der Waals surface area contributed by atoms with Gasteiger partial charge in [-0.3, -0.25) is 0 Å². The fourth-order valence-corrected chi connectivity index (χ4v) is 10.4. The standard InChI is InChI=1S/C13H9.C11H9.2ClH.Hf/c1-3-7-12-10(5-1)9-11-6-2-4-8-13(11)12;1-2-6-10(7-3-1)11-8-4-5-9-11;;;/h1-9H;1-4,6-8H,5H2;2*1H;/q;;;;+2/p-2. The zero-order valence-electron chi connectivity index (χ0n) is 14.7. The SMILES string of the molecule is C1=CC(c2ccccc2)=[C]([Hf+2][CH]2c3ccccc3-c3ccccc32)C1.[Cl-].[Cl-]. The van der Waals surface area contributed by atoms with Crippen LogP contribution in [0, 0.1) is 0 Å². The minimum absolute atomic E-state index is 0. The van der Waals surface area contributed by atoms with Crippen molar-refractivity contribution in [2.24, 2.45) is 0 Å². The first kappa shape index (κ1) is 20.3. The quantitative estimate of drug-likeness (QED) is 0.406. The van der Waals surface area contributed by atoms with Gasteiger partial charge in [-0.15, -0.1) is 0 Å². The fraction of sp³-hybridized carbons (Fsp3) is 0.0833. The number of allylic oxidation sites excluding steroid dienone is 4. The summed E-state index contributed by atoms with van der Waals surface area (Å²) in [6.07, 6.45) is 5.87. The van der Waals surface area contributed by atoms with Crippen LogP contribution in [0.5, 0.6) is 0 Å². The minimum atomic E-state index is -1.04. The van der Waals surface area contributed by atoms with Crippen LogP contribution < -0.4 is 24.8 Å². The maximum atomic E-state index is 2.36. The van der Waals surface area contributed by atoms with E-state index in [1.807, 2.05) is 0 Å². The van der Waals surface area contributed by atoms with E-state index in [1.54, 1.807) is 14.5 Å². The summed E-state index contributed by atoms with van der Waals surface area (Å²) in [4.78, 5) is 0. The summed E-state index contributed by atoms with van der Waals surface area (Å²) in [6.45, 7) is 0. The number of halogens is 2. The van der Waals surface area contributed by atoms with E-state index in [0.29, 0.717) is 3.67 Å². The van der Waals surface area contributed by atoms with Gasteiger partial charge in [0.05, 0.1) is 0 Å². The predicted octanol–water partition coefficient (Wildman–Crippen LogP) is 0.218. The van der Waals surface area contributed by atoms with Crippen molar-refractivity contribution in [3.63, 3.8) is 0 Å². The molecule has 27 heavy (non-hydrogen) atoms. The molecule has 0 fully saturated rings. The van der Waals surface area contributed by atoms with Crippen LogP contribution >= 0.6 is 0 Å². The maximum absolute atomic E-state index is 2.36. The van der Waals surface area contributed by atoms with E-state index >= 15 is 0 Å². The molecule has 0 nitrogen and oxygen atoms in total. The van der Waals surface area contributed by atoms with Crippen molar-refractivity contribution in [2.75, 3.05) is 0 Å². The summed E-state index contributed by atoms with van der Waals surface area (Å²) in [7, 11) is 0.